The molecule has 0 N–H and O–H groups in total. The summed E-state index contributed by atoms with van der Waals surface area (Å²) >= 11 is 0.589. The Hall–Kier alpha value is -0.591. The summed E-state index contributed by atoms with van der Waals surface area (Å²) in [5, 5.41) is 1.21. The van der Waals surface area contributed by atoms with Gasteiger partial charge in [-0.05, 0) is 0 Å². The van der Waals surface area contributed by atoms with E-state index in [4.69, 9.17) is 0 Å². The average molecular weight is 196 g/mol. The van der Waals surface area contributed by atoms with Gasteiger partial charge in [0, 0.05) is 0 Å². The molecule has 0 unspecified atom stereocenters. The maximum atomic E-state index is 4.30. The Bertz CT molecular complexity index is 268. The summed E-state index contributed by atoms with van der Waals surface area (Å²) in [6, 6.07) is 4.12. The molecule has 0 atom stereocenters. The van der Waals surface area contributed by atoms with Gasteiger partial charge in [0.05, 0.1) is 0 Å². The molecule has 1 aromatic rings. The number of nitrogens with zero attached hydrogens (tertiary/aromatic N) is 1. The van der Waals surface area contributed by atoms with Gasteiger partial charge in [0.1, 0.15) is 0 Å². The Labute approximate surface area is 66.3 Å². The molecule has 2 heteroatoms. The van der Waals surface area contributed by atoms with E-state index in [2.05, 4.69) is 23.2 Å². The Morgan fingerprint density at radius 2 is 2.50 bits per heavy atom. The first-order valence-electron chi connectivity index (χ1n) is 3.21. The first kappa shape index (κ1) is 6.14. The van der Waals surface area contributed by atoms with Gasteiger partial charge in [0.15, 0.2) is 0 Å². The molecule has 0 spiro atoms. The molecule has 1 aliphatic heterocycles. The van der Waals surface area contributed by atoms with Crippen LogP contribution in [0.5, 0.6) is 0 Å². The molecular weight excluding hydrogens is 189 g/mol. The predicted octanol–water partition coefficient (Wildman–Crippen LogP) is 0.856. The SMILES string of the molecule is C1=Cc2cccnc2[Se]C1. The molecule has 10 heavy (non-hydrogen) atoms. The first-order chi connectivity index (χ1) is 4.97. The molecule has 0 saturated heterocycles. The second-order valence-corrected chi connectivity index (χ2v) is 4.23. The summed E-state index contributed by atoms with van der Waals surface area (Å²) in [4.78, 5) is 4.30. The van der Waals surface area contributed by atoms with Crippen molar-refractivity contribution in [1.29, 1.82) is 0 Å². The molecule has 50 valence electrons. The van der Waals surface area contributed by atoms with E-state index < -0.39 is 0 Å². The average Bonchev–Trinajstić information content (AvgIpc) is 2.05. The fraction of sp³-hybridized carbons (Fsp3) is 0.125. The van der Waals surface area contributed by atoms with Crippen LogP contribution in [0.3, 0.4) is 0 Å². The molecular formula is C8H7NSe. The number of fused-ring (bicyclic) bond motifs is 1. The molecule has 1 aliphatic rings. The van der Waals surface area contributed by atoms with Crippen molar-refractivity contribution in [2.75, 3.05) is 0 Å². The minimum atomic E-state index is 0.589. The van der Waals surface area contributed by atoms with Gasteiger partial charge in [-0.1, -0.05) is 0 Å². The quantitative estimate of drug-likeness (QED) is 0.561. The summed E-state index contributed by atoms with van der Waals surface area (Å²) in [5.41, 5.74) is 1.31. The van der Waals surface area contributed by atoms with Crippen LogP contribution in [0, 0.1) is 0 Å². The van der Waals surface area contributed by atoms with Crippen LogP contribution >= 0.6 is 0 Å². The Morgan fingerprint density at radius 3 is 3.40 bits per heavy atom. The monoisotopic (exact) mass is 197 g/mol. The third-order valence-electron chi connectivity index (χ3n) is 1.41. The number of rotatable bonds is 0. The zero-order valence-electron chi connectivity index (χ0n) is 5.45. The number of hydrogen-bond acceptors (Lipinski definition) is 1. The van der Waals surface area contributed by atoms with Crippen molar-refractivity contribution in [2.24, 2.45) is 0 Å². The molecule has 2 heterocycles. The molecule has 1 nitrogen and oxygen atoms in total. The summed E-state index contributed by atoms with van der Waals surface area (Å²) in [6.07, 6.45) is 6.26. The molecule has 0 amide bonds. The van der Waals surface area contributed by atoms with E-state index >= 15 is 0 Å². The van der Waals surface area contributed by atoms with Crippen molar-refractivity contribution in [2.45, 2.75) is 5.32 Å². The third-order valence-corrected chi connectivity index (χ3v) is 3.46. The van der Waals surface area contributed by atoms with Gasteiger partial charge >= 0.3 is 65.9 Å². The van der Waals surface area contributed by atoms with Gasteiger partial charge in [0.25, 0.3) is 0 Å². The molecule has 1 aromatic heterocycles. The summed E-state index contributed by atoms with van der Waals surface area (Å²) in [7, 11) is 0. The van der Waals surface area contributed by atoms with Crippen molar-refractivity contribution >= 4 is 25.6 Å². The topological polar surface area (TPSA) is 12.9 Å². The van der Waals surface area contributed by atoms with E-state index in [9.17, 15) is 0 Å². The van der Waals surface area contributed by atoms with E-state index in [0.717, 1.165) is 0 Å². The van der Waals surface area contributed by atoms with Crippen LogP contribution in [0.1, 0.15) is 5.56 Å². The zero-order chi connectivity index (χ0) is 6.81. The number of hydrogen-bond donors (Lipinski definition) is 0. The van der Waals surface area contributed by atoms with E-state index in [-0.39, 0.29) is 0 Å². The van der Waals surface area contributed by atoms with Crippen molar-refractivity contribution in [1.82, 2.24) is 4.98 Å². The van der Waals surface area contributed by atoms with Gasteiger partial charge in [-0.3, -0.25) is 0 Å². The van der Waals surface area contributed by atoms with Gasteiger partial charge in [-0.25, -0.2) is 0 Å². The Balaban J connectivity index is 2.54. The minimum absolute atomic E-state index is 0.589. The summed E-state index contributed by atoms with van der Waals surface area (Å²) < 4.78 is 1.30. The molecule has 0 saturated carbocycles. The predicted molar refractivity (Wildman–Crippen MR) is 43.5 cm³/mol. The third kappa shape index (κ3) is 1.00. The Morgan fingerprint density at radius 1 is 1.50 bits per heavy atom. The fourth-order valence-electron chi connectivity index (χ4n) is 0.953. The van der Waals surface area contributed by atoms with Gasteiger partial charge in [-0.2, -0.15) is 0 Å². The molecule has 0 bridgehead atoms. The number of pyridine rings is 1. The molecule has 0 fully saturated rings. The van der Waals surface area contributed by atoms with Crippen LogP contribution in [0.25, 0.3) is 6.08 Å². The molecule has 0 aliphatic carbocycles. The van der Waals surface area contributed by atoms with E-state index in [1.807, 2.05) is 12.3 Å². The van der Waals surface area contributed by atoms with E-state index in [1.165, 1.54) is 15.5 Å². The summed E-state index contributed by atoms with van der Waals surface area (Å²) in [5.74, 6) is 0. The molecule has 2 rings (SSSR count). The zero-order valence-corrected chi connectivity index (χ0v) is 7.16. The first-order valence-corrected chi connectivity index (χ1v) is 5.28. The molecule has 0 aromatic carbocycles. The van der Waals surface area contributed by atoms with E-state index in [0.29, 0.717) is 15.0 Å². The van der Waals surface area contributed by atoms with Gasteiger partial charge < -0.3 is 0 Å². The normalized spacial score (nSPS) is 14.8. The number of aromatic nitrogens is 1. The van der Waals surface area contributed by atoms with Crippen LogP contribution in [0.4, 0.5) is 0 Å². The van der Waals surface area contributed by atoms with Crippen molar-refractivity contribution in [3.63, 3.8) is 0 Å². The maximum absolute atomic E-state index is 4.30. The van der Waals surface area contributed by atoms with Crippen LogP contribution in [-0.4, -0.2) is 19.9 Å². The van der Waals surface area contributed by atoms with Gasteiger partial charge in [-0.15, -0.1) is 0 Å². The van der Waals surface area contributed by atoms with E-state index in [1.54, 1.807) is 0 Å². The molecule has 0 radical (unpaired) electrons. The van der Waals surface area contributed by atoms with Crippen LogP contribution in [0.2, 0.25) is 5.32 Å². The second-order valence-electron chi connectivity index (χ2n) is 2.11. The van der Waals surface area contributed by atoms with Crippen molar-refractivity contribution < 1.29 is 0 Å². The fourth-order valence-corrected chi connectivity index (χ4v) is 2.61. The van der Waals surface area contributed by atoms with Crippen LogP contribution < -0.4 is 4.59 Å². The second kappa shape index (κ2) is 2.57. The summed E-state index contributed by atoms with van der Waals surface area (Å²) in [6.45, 7) is 0. The van der Waals surface area contributed by atoms with Crippen molar-refractivity contribution in [3.05, 3.63) is 30.0 Å². The van der Waals surface area contributed by atoms with Crippen LogP contribution in [-0.2, 0) is 0 Å². The van der Waals surface area contributed by atoms with Crippen molar-refractivity contribution in [3.8, 4) is 0 Å². The Kier molecular flexibility index (Phi) is 1.58. The standard InChI is InChI=1S/C8H7NSe/c1-3-7-4-2-6-10-8(7)9-5-1/h1-5H,6H2. The number of allylic oxidation sites excluding steroid dienone is 1. The van der Waals surface area contributed by atoms with Crippen LogP contribution in [0.15, 0.2) is 24.4 Å². The van der Waals surface area contributed by atoms with Gasteiger partial charge in [0.2, 0.25) is 0 Å².